The number of fused-ring (bicyclic) bond motifs is 1. The number of halogens is 3. The summed E-state index contributed by atoms with van der Waals surface area (Å²) in [5, 5.41) is 2.52. The number of carbonyl (C=O) groups excluding carboxylic acids is 1. The molecular formula is C25H23F3N4O3. The minimum atomic E-state index is -3.21. The highest BCUT2D eigenvalue weighted by Crippen LogP contribution is 2.34. The summed E-state index contributed by atoms with van der Waals surface area (Å²) < 4.78 is 53.0. The number of nitrogens with zero attached hydrogens (tertiary/aromatic N) is 3. The molecule has 3 heterocycles. The van der Waals surface area contributed by atoms with Crippen molar-refractivity contribution >= 4 is 17.5 Å². The first-order valence-electron chi connectivity index (χ1n) is 10.9. The van der Waals surface area contributed by atoms with E-state index < -0.39 is 23.2 Å². The maximum Gasteiger partial charge on any atom is 0.275 e. The van der Waals surface area contributed by atoms with Crippen LogP contribution in [0.5, 0.6) is 5.88 Å². The predicted octanol–water partition coefficient (Wildman–Crippen LogP) is 4.88. The quantitative estimate of drug-likeness (QED) is 0.517. The Bertz CT molecular complexity index is 1310. The molecule has 35 heavy (non-hydrogen) atoms. The number of carbonyl (C=O) groups is 1. The minimum Gasteiger partial charge on any atom is -0.481 e. The third kappa shape index (κ3) is 5.26. The molecule has 0 bridgehead atoms. The second-order valence-electron chi connectivity index (χ2n) is 7.98. The van der Waals surface area contributed by atoms with Gasteiger partial charge in [-0.15, -0.1) is 0 Å². The summed E-state index contributed by atoms with van der Waals surface area (Å²) in [6, 6.07) is 7.34. The number of hydrogen-bond acceptors (Lipinski definition) is 6. The fraction of sp³-hybridized carbons (Fsp3) is 0.280. The first-order valence-corrected chi connectivity index (χ1v) is 10.9. The van der Waals surface area contributed by atoms with Gasteiger partial charge in [0.15, 0.2) is 0 Å². The van der Waals surface area contributed by atoms with Crippen molar-refractivity contribution in [1.82, 2.24) is 9.97 Å². The molecule has 1 aliphatic heterocycles. The van der Waals surface area contributed by atoms with E-state index in [0.717, 1.165) is 17.3 Å². The molecule has 0 fully saturated rings. The molecule has 0 saturated carbocycles. The van der Waals surface area contributed by atoms with E-state index in [1.54, 1.807) is 24.4 Å². The molecule has 0 saturated heterocycles. The highest BCUT2D eigenvalue weighted by atomic mass is 19.3. The summed E-state index contributed by atoms with van der Waals surface area (Å²) in [7, 11) is 1.23. The Morgan fingerprint density at radius 3 is 2.63 bits per heavy atom. The molecule has 1 N–H and O–H groups in total. The number of nitrogens with one attached hydrogen (secondary N) is 1. The molecule has 3 aromatic rings. The second kappa shape index (κ2) is 9.73. The number of pyridine rings is 2. The SMILES string of the molecule is CCOC1=NCc2ncc(-c3ccc(CC(=O)Nc4cnc(OC)c(C(C)(F)F)c4)cc3F)cc21. The number of amides is 1. The number of alkyl halides is 2. The second-order valence-corrected chi connectivity index (χ2v) is 7.98. The average molecular weight is 484 g/mol. The van der Waals surface area contributed by atoms with Crippen LogP contribution in [-0.4, -0.2) is 35.5 Å². The third-order valence-electron chi connectivity index (χ3n) is 5.36. The van der Waals surface area contributed by atoms with Crippen LogP contribution >= 0.6 is 0 Å². The van der Waals surface area contributed by atoms with Crippen molar-refractivity contribution in [3.63, 3.8) is 0 Å². The lowest BCUT2D eigenvalue weighted by molar-refractivity contribution is -0.115. The lowest BCUT2D eigenvalue weighted by atomic mass is 10.0. The lowest BCUT2D eigenvalue weighted by Crippen LogP contribution is -2.16. The molecule has 1 aliphatic rings. The zero-order valence-corrected chi connectivity index (χ0v) is 19.4. The van der Waals surface area contributed by atoms with E-state index in [0.29, 0.717) is 42.7 Å². The Hall–Kier alpha value is -3.95. The summed E-state index contributed by atoms with van der Waals surface area (Å²) in [5.74, 6) is -3.98. The summed E-state index contributed by atoms with van der Waals surface area (Å²) >= 11 is 0. The number of aliphatic imine (C=N–C) groups is 1. The van der Waals surface area contributed by atoms with E-state index in [1.807, 2.05) is 6.92 Å². The van der Waals surface area contributed by atoms with Crippen molar-refractivity contribution in [2.45, 2.75) is 32.7 Å². The summed E-state index contributed by atoms with van der Waals surface area (Å²) in [4.78, 5) is 25.0. The number of benzene rings is 1. The van der Waals surface area contributed by atoms with Crippen molar-refractivity contribution in [3.05, 3.63) is 70.9 Å². The molecule has 10 heteroatoms. The fourth-order valence-electron chi connectivity index (χ4n) is 3.73. The first-order chi connectivity index (χ1) is 16.7. The van der Waals surface area contributed by atoms with E-state index >= 15 is 0 Å². The van der Waals surface area contributed by atoms with Crippen molar-refractivity contribution in [1.29, 1.82) is 0 Å². The van der Waals surface area contributed by atoms with Gasteiger partial charge in [-0.25, -0.2) is 23.1 Å². The Kier molecular flexibility index (Phi) is 6.72. The van der Waals surface area contributed by atoms with Crippen LogP contribution in [0.15, 0.2) is 47.7 Å². The molecule has 0 radical (unpaired) electrons. The summed E-state index contributed by atoms with van der Waals surface area (Å²) in [6.45, 7) is 3.45. The maximum absolute atomic E-state index is 14.9. The zero-order chi connectivity index (χ0) is 25.2. The van der Waals surface area contributed by atoms with Gasteiger partial charge in [-0.05, 0) is 30.7 Å². The topological polar surface area (TPSA) is 85.7 Å². The van der Waals surface area contributed by atoms with Gasteiger partial charge in [-0.2, -0.15) is 0 Å². The van der Waals surface area contributed by atoms with Crippen LogP contribution in [0.25, 0.3) is 11.1 Å². The van der Waals surface area contributed by atoms with Crippen LogP contribution in [0, 0.1) is 5.82 Å². The summed E-state index contributed by atoms with van der Waals surface area (Å²) in [6.07, 6.45) is 2.63. The smallest absolute Gasteiger partial charge is 0.275 e. The van der Waals surface area contributed by atoms with E-state index in [2.05, 4.69) is 20.3 Å². The molecule has 0 unspecified atom stereocenters. The molecule has 0 atom stereocenters. The number of hydrogen-bond donors (Lipinski definition) is 1. The van der Waals surface area contributed by atoms with Crippen molar-refractivity contribution in [3.8, 4) is 17.0 Å². The third-order valence-corrected chi connectivity index (χ3v) is 5.36. The van der Waals surface area contributed by atoms with Crippen molar-refractivity contribution in [2.24, 2.45) is 4.99 Å². The van der Waals surface area contributed by atoms with Crippen LogP contribution in [-0.2, 0) is 28.4 Å². The van der Waals surface area contributed by atoms with E-state index in [4.69, 9.17) is 9.47 Å². The molecular weight excluding hydrogens is 461 g/mol. The zero-order valence-electron chi connectivity index (χ0n) is 19.4. The van der Waals surface area contributed by atoms with Gasteiger partial charge in [-0.1, -0.05) is 12.1 Å². The van der Waals surface area contributed by atoms with Crippen LogP contribution < -0.4 is 10.1 Å². The molecule has 7 nitrogen and oxygen atoms in total. The molecule has 0 aliphatic carbocycles. The van der Waals surface area contributed by atoms with Gasteiger partial charge in [0.05, 0.1) is 55.4 Å². The van der Waals surface area contributed by atoms with E-state index in [-0.39, 0.29) is 18.0 Å². The number of methoxy groups -OCH3 is 1. The maximum atomic E-state index is 14.9. The van der Waals surface area contributed by atoms with Crippen LogP contribution in [0.2, 0.25) is 0 Å². The van der Waals surface area contributed by atoms with Crippen LogP contribution in [0.1, 0.15) is 36.2 Å². The first kappa shape index (κ1) is 24.2. The van der Waals surface area contributed by atoms with Gasteiger partial charge in [0.1, 0.15) is 5.82 Å². The molecule has 1 aromatic carbocycles. The Morgan fingerprint density at radius 2 is 1.94 bits per heavy atom. The summed E-state index contributed by atoms with van der Waals surface area (Å²) in [5.41, 5.74) is 2.43. The van der Waals surface area contributed by atoms with Gasteiger partial charge in [0.25, 0.3) is 5.92 Å². The normalized spacial score (nSPS) is 12.7. The standard InChI is InChI=1S/C25H23F3N4O3/c1-4-35-23-18-9-15(11-29-21(18)13-31-23)17-6-5-14(7-20(17)26)8-22(33)32-16-10-19(25(2,27)28)24(34-3)30-12-16/h5-7,9-12H,4,8,13H2,1-3H3,(H,32,33). The lowest BCUT2D eigenvalue weighted by Gasteiger charge is -2.15. The Balaban J connectivity index is 1.49. The highest BCUT2D eigenvalue weighted by molar-refractivity contribution is 5.98. The van der Waals surface area contributed by atoms with Gasteiger partial charge in [-0.3, -0.25) is 9.78 Å². The van der Waals surface area contributed by atoms with Gasteiger partial charge in [0, 0.05) is 24.2 Å². The van der Waals surface area contributed by atoms with Crippen LogP contribution in [0.3, 0.4) is 0 Å². The molecule has 182 valence electrons. The molecule has 0 spiro atoms. The number of anilines is 1. The van der Waals surface area contributed by atoms with Gasteiger partial charge < -0.3 is 14.8 Å². The van der Waals surface area contributed by atoms with Crippen molar-refractivity contribution in [2.75, 3.05) is 19.0 Å². The number of aromatic nitrogens is 2. The van der Waals surface area contributed by atoms with E-state index in [9.17, 15) is 18.0 Å². The monoisotopic (exact) mass is 484 g/mol. The van der Waals surface area contributed by atoms with E-state index in [1.165, 1.54) is 19.4 Å². The fourth-order valence-corrected chi connectivity index (χ4v) is 3.73. The highest BCUT2D eigenvalue weighted by Gasteiger charge is 2.30. The Morgan fingerprint density at radius 1 is 1.14 bits per heavy atom. The van der Waals surface area contributed by atoms with Crippen molar-refractivity contribution < 1.29 is 27.4 Å². The predicted molar refractivity (Wildman–Crippen MR) is 124 cm³/mol. The van der Waals surface area contributed by atoms with Gasteiger partial charge >= 0.3 is 0 Å². The largest absolute Gasteiger partial charge is 0.481 e. The van der Waals surface area contributed by atoms with Crippen LogP contribution in [0.4, 0.5) is 18.9 Å². The molecule has 2 aromatic heterocycles. The number of ether oxygens (including phenoxy) is 2. The number of rotatable bonds is 7. The van der Waals surface area contributed by atoms with Gasteiger partial charge in [0.2, 0.25) is 17.7 Å². The average Bonchev–Trinajstić information content (AvgIpc) is 3.21. The molecule has 1 amide bonds. The molecule has 4 rings (SSSR count). The Labute approximate surface area is 200 Å². The minimum absolute atomic E-state index is 0.0837.